The van der Waals surface area contributed by atoms with Gasteiger partial charge in [0.2, 0.25) is 0 Å². The van der Waals surface area contributed by atoms with E-state index in [1.807, 2.05) is 0 Å². The van der Waals surface area contributed by atoms with Crippen molar-refractivity contribution in [2.24, 2.45) is 5.41 Å². The third-order valence-corrected chi connectivity index (χ3v) is 5.44. The molecule has 1 N–H and O–H groups in total. The lowest BCUT2D eigenvalue weighted by atomic mass is 9.76. The molecule has 1 aliphatic heterocycles. The third kappa shape index (κ3) is 3.78. The molecule has 0 radical (unpaired) electrons. The minimum atomic E-state index is 0.301. The Bertz CT molecular complexity index is 350. The number of halogens is 1. The lowest BCUT2D eigenvalue weighted by Crippen LogP contribution is -2.67. The number of piperazine rings is 1. The summed E-state index contributed by atoms with van der Waals surface area (Å²) in [5, 5.41) is 3.92. The van der Waals surface area contributed by atoms with Crippen molar-refractivity contribution in [3.8, 4) is 0 Å². The second-order valence-electron chi connectivity index (χ2n) is 7.96. The van der Waals surface area contributed by atoms with Crippen LogP contribution in [0.4, 0.5) is 0 Å². The van der Waals surface area contributed by atoms with Crippen LogP contribution in [0.2, 0.25) is 0 Å². The van der Waals surface area contributed by atoms with Gasteiger partial charge in [0.1, 0.15) is 0 Å². The molecule has 0 amide bonds. The first kappa shape index (κ1) is 16.3. The first-order valence-corrected chi connectivity index (χ1v) is 8.55. The normalized spacial score (nSPS) is 28.9. The first-order valence-electron chi connectivity index (χ1n) is 8.11. The molecule has 1 heterocycles. The molecule has 1 aliphatic carbocycles. The standard InChI is InChI=1S/C17H31ClN2/c1-14(10-18)12-20-13-17(8-6-5-7-9-17)19-11-15(20)16(2,3)4/h10,15,19H,5-9,11-13H2,1-4H3. The van der Waals surface area contributed by atoms with E-state index in [0.717, 1.165) is 13.1 Å². The summed E-state index contributed by atoms with van der Waals surface area (Å²) in [6, 6.07) is 0.585. The monoisotopic (exact) mass is 298 g/mol. The maximum atomic E-state index is 5.91. The summed E-state index contributed by atoms with van der Waals surface area (Å²) in [6.45, 7) is 12.5. The van der Waals surface area contributed by atoms with Gasteiger partial charge in [0.15, 0.2) is 0 Å². The van der Waals surface area contributed by atoms with E-state index in [1.54, 1.807) is 5.54 Å². The van der Waals surface area contributed by atoms with Crippen molar-refractivity contribution in [3.05, 3.63) is 11.1 Å². The molecule has 2 rings (SSSR count). The largest absolute Gasteiger partial charge is 0.308 e. The number of nitrogens with zero attached hydrogens (tertiary/aromatic N) is 1. The Morgan fingerprint density at radius 2 is 1.95 bits per heavy atom. The Balaban J connectivity index is 2.13. The van der Waals surface area contributed by atoms with Gasteiger partial charge in [-0.3, -0.25) is 4.90 Å². The van der Waals surface area contributed by atoms with Crippen LogP contribution in [0.15, 0.2) is 11.1 Å². The van der Waals surface area contributed by atoms with E-state index >= 15 is 0 Å². The predicted octanol–water partition coefficient (Wildman–Crippen LogP) is 4.15. The van der Waals surface area contributed by atoms with E-state index in [9.17, 15) is 0 Å². The fourth-order valence-corrected chi connectivity index (χ4v) is 4.00. The average Bonchev–Trinajstić information content (AvgIpc) is 2.38. The van der Waals surface area contributed by atoms with Gasteiger partial charge >= 0.3 is 0 Å². The van der Waals surface area contributed by atoms with Crippen molar-refractivity contribution in [2.45, 2.75) is 71.4 Å². The number of hydrogen-bond donors (Lipinski definition) is 1. The van der Waals surface area contributed by atoms with E-state index in [1.165, 1.54) is 44.2 Å². The molecule has 1 saturated heterocycles. The molecule has 3 heteroatoms. The summed E-state index contributed by atoms with van der Waals surface area (Å²) in [6.07, 6.45) is 6.84. The number of nitrogens with one attached hydrogen (secondary N) is 1. The van der Waals surface area contributed by atoms with Crippen LogP contribution >= 0.6 is 11.6 Å². The van der Waals surface area contributed by atoms with Crippen molar-refractivity contribution < 1.29 is 0 Å². The number of hydrogen-bond acceptors (Lipinski definition) is 2. The second-order valence-corrected chi connectivity index (χ2v) is 8.18. The third-order valence-electron chi connectivity index (χ3n) is 5.07. The van der Waals surface area contributed by atoms with E-state index < -0.39 is 0 Å². The van der Waals surface area contributed by atoms with Crippen molar-refractivity contribution in [2.75, 3.05) is 19.6 Å². The van der Waals surface area contributed by atoms with E-state index in [-0.39, 0.29) is 0 Å². The zero-order chi connectivity index (χ0) is 14.8. The summed E-state index contributed by atoms with van der Waals surface area (Å²) >= 11 is 5.91. The molecule has 116 valence electrons. The van der Waals surface area contributed by atoms with Crippen LogP contribution < -0.4 is 5.32 Å². The smallest absolute Gasteiger partial charge is 0.0309 e. The van der Waals surface area contributed by atoms with Gasteiger partial charge in [-0.15, -0.1) is 0 Å². The van der Waals surface area contributed by atoms with Gasteiger partial charge in [-0.05, 0) is 30.8 Å². The van der Waals surface area contributed by atoms with Crippen LogP contribution in [0.1, 0.15) is 59.8 Å². The van der Waals surface area contributed by atoms with Gasteiger partial charge in [-0.1, -0.05) is 51.6 Å². The zero-order valence-electron chi connectivity index (χ0n) is 13.6. The van der Waals surface area contributed by atoms with Crippen LogP contribution in [0.5, 0.6) is 0 Å². The minimum absolute atomic E-state index is 0.301. The lowest BCUT2D eigenvalue weighted by Gasteiger charge is -2.53. The van der Waals surface area contributed by atoms with Gasteiger partial charge < -0.3 is 5.32 Å². The molecular weight excluding hydrogens is 268 g/mol. The van der Waals surface area contributed by atoms with Crippen LogP contribution in [0, 0.1) is 5.41 Å². The molecule has 1 saturated carbocycles. The van der Waals surface area contributed by atoms with E-state index in [0.29, 0.717) is 17.0 Å². The molecule has 2 fully saturated rings. The highest BCUT2D eigenvalue weighted by Crippen LogP contribution is 2.36. The van der Waals surface area contributed by atoms with Crippen LogP contribution in [-0.4, -0.2) is 36.1 Å². The highest BCUT2D eigenvalue weighted by Gasteiger charge is 2.43. The van der Waals surface area contributed by atoms with Crippen molar-refractivity contribution in [3.63, 3.8) is 0 Å². The average molecular weight is 299 g/mol. The van der Waals surface area contributed by atoms with Gasteiger partial charge in [0, 0.05) is 36.8 Å². The number of rotatable bonds is 2. The molecule has 0 aromatic heterocycles. The zero-order valence-corrected chi connectivity index (χ0v) is 14.4. The summed E-state index contributed by atoms with van der Waals surface area (Å²) in [5.41, 5.74) is 3.69. The predicted molar refractivity (Wildman–Crippen MR) is 88.2 cm³/mol. The first-order chi connectivity index (χ1) is 9.36. The molecule has 1 atom stereocenters. The topological polar surface area (TPSA) is 15.3 Å². The highest BCUT2D eigenvalue weighted by atomic mass is 35.5. The summed E-state index contributed by atoms with van der Waals surface area (Å²) in [7, 11) is 0. The molecule has 0 aromatic carbocycles. The molecule has 0 aromatic rings. The Morgan fingerprint density at radius 3 is 2.50 bits per heavy atom. The molecule has 1 spiro atoms. The molecular formula is C17H31ClN2. The summed E-state index contributed by atoms with van der Waals surface area (Å²) < 4.78 is 0. The summed E-state index contributed by atoms with van der Waals surface area (Å²) in [4.78, 5) is 2.68. The van der Waals surface area contributed by atoms with Crippen molar-refractivity contribution in [1.29, 1.82) is 0 Å². The van der Waals surface area contributed by atoms with Crippen molar-refractivity contribution >= 4 is 11.6 Å². The fraction of sp³-hybridized carbons (Fsp3) is 0.882. The Labute approximate surface area is 129 Å². The molecule has 2 nitrogen and oxygen atoms in total. The molecule has 2 aliphatic rings. The van der Waals surface area contributed by atoms with Gasteiger partial charge in [0.05, 0.1) is 0 Å². The minimum Gasteiger partial charge on any atom is -0.308 e. The van der Waals surface area contributed by atoms with Gasteiger partial charge in [0.25, 0.3) is 0 Å². The second kappa shape index (κ2) is 6.37. The Morgan fingerprint density at radius 1 is 1.30 bits per heavy atom. The maximum Gasteiger partial charge on any atom is 0.0309 e. The highest BCUT2D eigenvalue weighted by molar-refractivity contribution is 6.25. The fourth-order valence-electron chi connectivity index (χ4n) is 3.94. The molecule has 20 heavy (non-hydrogen) atoms. The maximum absolute atomic E-state index is 5.91. The molecule has 1 unspecified atom stereocenters. The van der Waals surface area contributed by atoms with E-state index in [2.05, 4.69) is 37.9 Å². The van der Waals surface area contributed by atoms with Gasteiger partial charge in [-0.25, -0.2) is 0 Å². The lowest BCUT2D eigenvalue weighted by molar-refractivity contribution is 0.0147. The van der Waals surface area contributed by atoms with Crippen LogP contribution in [-0.2, 0) is 0 Å². The quantitative estimate of drug-likeness (QED) is 0.824. The van der Waals surface area contributed by atoms with Crippen LogP contribution in [0.25, 0.3) is 0 Å². The Kier molecular flexibility index (Phi) is 5.20. The van der Waals surface area contributed by atoms with E-state index in [4.69, 9.17) is 11.6 Å². The van der Waals surface area contributed by atoms with Gasteiger partial charge in [-0.2, -0.15) is 0 Å². The Hall–Kier alpha value is -0.0500. The SMILES string of the molecule is CC(=CCl)CN1CC2(CCCCC2)NCC1C(C)(C)C. The van der Waals surface area contributed by atoms with Crippen LogP contribution in [0.3, 0.4) is 0 Å². The molecule has 0 bridgehead atoms. The van der Waals surface area contributed by atoms with Crippen molar-refractivity contribution in [1.82, 2.24) is 10.2 Å². The summed E-state index contributed by atoms with van der Waals surface area (Å²) in [5.74, 6) is 0.